The lowest BCUT2D eigenvalue weighted by Gasteiger charge is -2.16. The Morgan fingerprint density at radius 1 is 1.00 bits per heavy atom. The summed E-state index contributed by atoms with van der Waals surface area (Å²) in [6.07, 6.45) is -0.721. The van der Waals surface area contributed by atoms with E-state index in [4.69, 9.17) is 0 Å². The van der Waals surface area contributed by atoms with Crippen LogP contribution < -0.4 is 10.6 Å². The SMILES string of the molecule is Cc1ccc([C@@H](O)CNC(=O)Nc2c(C)cc(C)cc2C)cc1. The number of hydrogen-bond donors (Lipinski definition) is 3. The molecule has 2 rings (SSSR count). The van der Waals surface area contributed by atoms with Crippen molar-refractivity contribution in [3.05, 3.63) is 64.2 Å². The number of rotatable bonds is 4. The maximum atomic E-state index is 12.1. The van der Waals surface area contributed by atoms with Crippen molar-refractivity contribution >= 4 is 11.7 Å². The van der Waals surface area contributed by atoms with E-state index in [9.17, 15) is 9.90 Å². The topological polar surface area (TPSA) is 61.4 Å². The van der Waals surface area contributed by atoms with E-state index in [1.165, 1.54) is 5.56 Å². The van der Waals surface area contributed by atoms with Crippen molar-refractivity contribution in [1.82, 2.24) is 5.32 Å². The minimum Gasteiger partial charge on any atom is -0.387 e. The van der Waals surface area contributed by atoms with Gasteiger partial charge in [-0.25, -0.2) is 4.79 Å². The summed E-state index contributed by atoms with van der Waals surface area (Å²) >= 11 is 0. The molecule has 2 aromatic rings. The Morgan fingerprint density at radius 2 is 1.57 bits per heavy atom. The zero-order valence-corrected chi connectivity index (χ0v) is 14.1. The van der Waals surface area contributed by atoms with E-state index in [1.807, 2.05) is 64.1 Å². The molecular formula is C19H24N2O2. The van der Waals surface area contributed by atoms with Crippen LogP contribution >= 0.6 is 0 Å². The quantitative estimate of drug-likeness (QED) is 0.804. The van der Waals surface area contributed by atoms with E-state index in [0.717, 1.165) is 27.9 Å². The number of aliphatic hydroxyl groups excluding tert-OH is 1. The summed E-state index contributed by atoms with van der Waals surface area (Å²) in [7, 11) is 0. The van der Waals surface area contributed by atoms with Crippen LogP contribution in [0.5, 0.6) is 0 Å². The minimum absolute atomic E-state index is 0.166. The fourth-order valence-electron chi connectivity index (χ4n) is 2.63. The normalized spacial score (nSPS) is 11.9. The molecule has 3 N–H and O–H groups in total. The molecule has 0 aliphatic carbocycles. The zero-order chi connectivity index (χ0) is 17.0. The molecule has 0 radical (unpaired) electrons. The van der Waals surface area contributed by atoms with Crippen LogP contribution in [-0.2, 0) is 0 Å². The summed E-state index contributed by atoms with van der Waals surface area (Å²) in [5, 5.41) is 15.7. The monoisotopic (exact) mass is 312 g/mol. The van der Waals surface area contributed by atoms with Gasteiger partial charge in [0.25, 0.3) is 0 Å². The molecule has 0 aromatic heterocycles. The molecule has 0 spiro atoms. The third-order valence-electron chi connectivity index (χ3n) is 3.83. The number of amides is 2. The van der Waals surface area contributed by atoms with Crippen LogP contribution in [0.4, 0.5) is 10.5 Å². The third kappa shape index (κ3) is 4.57. The number of anilines is 1. The van der Waals surface area contributed by atoms with Crippen molar-refractivity contribution in [1.29, 1.82) is 0 Å². The van der Waals surface area contributed by atoms with Crippen LogP contribution in [0.1, 0.15) is 33.9 Å². The van der Waals surface area contributed by atoms with Gasteiger partial charge in [0, 0.05) is 12.2 Å². The van der Waals surface area contributed by atoms with Gasteiger partial charge in [-0.3, -0.25) is 0 Å². The lowest BCUT2D eigenvalue weighted by molar-refractivity contribution is 0.175. The number of nitrogens with one attached hydrogen (secondary N) is 2. The molecule has 0 aliphatic heterocycles. The average molecular weight is 312 g/mol. The number of aliphatic hydroxyl groups is 1. The molecule has 0 saturated carbocycles. The van der Waals surface area contributed by atoms with Crippen molar-refractivity contribution in [2.45, 2.75) is 33.8 Å². The van der Waals surface area contributed by atoms with Crippen LogP contribution in [-0.4, -0.2) is 17.7 Å². The van der Waals surface area contributed by atoms with Crippen LogP contribution in [0.25, 0.3) is 0 Å². The molecule has 0 aliphatic rings. The molecular weight excluding hydrogens is 288 g/mol. The van der Waals surface area contributed by atoms with E-state index < -0.39 is 6.10 Å². The molecule has 122 valence electrons. The van der Waals surface area contributed by atoms with Crippen molar-refractivity contribution in [3.8, 4) is 0 Å². The van der Waals surface area contributed by atoms with Gasteiger partial charge in [0.1, 0.15) is 0 Å². The fourth-order valence-corrected chi connectivity index (χ4v) is 2.63. The Labute approximate surface area is 137 Å². The highest BCUT2D eigenvalue weighted by atomic mass is 16.3. The standard InChI is InChI=1S/C19H24N2O2/c1-12-5-7-16(8-6-12)17(22)11-20-19(23)21-18-14(3)9-13(2)10-15(18)4/h5-10,17,22H,11H2,1-4H3,(H2,20,21,23)/t17-/m0/s1. The smallest absolute Gasteiger partial charge is 0.319 e. The predicted octanol–water partition coefficient (Wildman–Crippen LogP) is 3.78. The molecule has 2 amide bonds. The minimum atomic E-state index is -0.721. The molecule has 23 heavy (non-hydrogen) atoms. The van der Waals surface area contributed by atoms with E-state index in [1.54, 1.807) is 0 Å². The second kappa shape index (κ2) is 7.29. The Kier molecular flexibility index (Phi) is 5.40. The summed E-state index contributed by atoms with van der Waals surface area (Å²) < 4.78 is 0. The molecule has 0 bridgehead atoms. The van der Waals surface area contributed by atoms with Crippen LogP contribution in [0.3, 0.4) is 0 Å². The van der Waals surface area contributed by atoms with E-state index >= 15 is 0 Å². The van der Waals surface area contributed by atoms with Gasteiger partial charge in [0.05, 0.1) is 6.10 Å². The molecule has 0 fully saturated rings. The molecule has 1 atom stereocenters. The first kappa shape index (κ1) is 17.0. The molecule has 0 saturated heterocycles. The largest absolute Gasteiger partial charge is 0.387 e. The van der Waals surface area contributed by atoms with Crippen molar-refractivity contribution in [2.24, 2.45) is 0 Å². The Hall–Kier alpha value is -2.33. The lowest BCUT2D eigenvalue weighted by atomic mass is 10.1. The zero-order valence-electron chi connectivity index (χ0n) is 14.1. The Balaban J connectivity index is 1.94. The van der Waals surface area contributed by atoms with E-state index in [2.05, 4.69) is 10.6 Å². The maximum absolute atomic E-state index is 12.1. The molecule has 0 heterocycles. The molecule has 2 aromatic carbocycles. The maximum Gasteiger partial charge on any atom is 0.319 e. The van der Waals surface area contributed by atoms with Crippen molar-refractivity contribution in [2.75, 3.05) is 11.9 Å². The second-order valence-electron chi connectivity index (χ2n) is 6.04. The van der Waals surface area contributed by atoms with Gasteiger partial charge in [0.15, 0.2) is 0 Å². The number of hydrogen-bond acceptors (Lipinski definition) is 2. The highest BCUT2D eigenvalue weighted by Crippen LogP contribution is 2.21. The van der Waals surface area contributed by atoms with Crippen LogP contribution in [0.2, 0.25) is 0 Å². The highest BCUT2D eigenvalue weighted by molar-refractivity contribution is 5.91. The van der Waals surface area contributed by atoms with E-state index in [-0.39, 0.29) is 12.6 Å². The summed E-state index contributed by atoms with van der Waals surface area (Å²) in [5.41, 5.74) is 5.96. The second-order valence-corrected chi connectivity index (χ2v) is 6.04. The predicted molar refractivity (Wildman–Crippen MR) is 93.8 cm³/mol. The summed E-state index contributed by atoms with van der Waals surface area (Å²) in [6, 6.07) is 11.4. The van der Waals surface area contributed by atoms with Gasteiger partial charge in [-0.15, -0.1) is 0 Å². The molecule has 4 nitrogen and oxygen atoms in total. The Bertz CT molecular complexity index is 670. The number of carbonyl (C=O) groups is 1. The summed E-state index contributed by atoms with van der Waals surface area (Å²) in [5.74, 6) is 0. The van der Waals surface area contributed by atoms with Gasteiger partial charge in [-0.1, -0.05) is 47.5 Å². The fraction of sp³-hybridized carbons (Fsp3) is 0.316. The van der Waals surface area contributed by atoms with Gasteiger partial charge in [0.2, 0.25) is 0 Å². The number of benzene rings is 2. The first-order chi connectivity index (χ1) is 10.9. The first-order valence-electron chi connectivity index (χ1n) is 7.74. The van der Waals surface area contributed by atoms with Crippen LogP contribution in [0, 0.1) is 27.7 Å². The van der Waals surface area contributed by atoms with Crippen LogP contribution in [0.15, 0.2) is 36.4 Å². The number of carbonyl (C=O) groups excluding carboxylic acids is 1. The molecule has 4 heteroatoms. The van der Waals surface area contributed by atoms with Gasteiger partial charge >= 0.3 is 6.03 Å². The van der Waals surface area contributed by atoms with Gasteiger partial charge in [-0.05, 0) is 44.4 Å². The van der Waals surface area contributed by atoms with Crippen molar-refractivity contribution in [3.63, 3.8) is 0 Å². The highest BCUT2D eigenvalue weighted by Gasteiger charge is 2.11. The number of aryl methyl sites for hydroxylation is 4. The first-order valence-corrected chi connectivity index (χ1v) is 7.74. The number of urea groups is 1. The van der Waals surface area contributed by atoms with Gasteiger partial charge < -0.3 is 15.7 Å². The lowest BCUT2D eigenvalue weighted by Crippen LogP contribution is -2.32. The molecule has 0 unspecified atom stereocenters. The summed E-state index contributed by atoms with van der Waals surface area (Å²) in [6.45, 7) is 8.13. The third-order valence-corrected chi connectivity index (χ3v) is 3.83. The Morgan fingerprint density at radius 3 is 2.13 bits per heavy atom. The summed E-state index contributed by atoms with van der Waals surface area (Å²) in [4.78, 5) is 12.1. The van der Waals surface area contributed by atoms with E-state index in [0.29, 0.717) is 0 Å². The average Bonchev–Trinajstić information content (AvgIpc) is 2.49. The van der Waals surface area contributed by atoms with Crippen molar-refractivity contribution < 1.29 is 9.90 Å². The van der Waals surface area contributed by atoms with Gasteiger partial charge in [-0.2, -0.15) is 0 Å².